The van der Waals surface area contributed by atoms with Gasteiger partial charge in [-0.15, -0.1) is 11.3 Å². The largest absolute Gasteiger partial charge is 0.469 e. The smallest absolute Gasteiger partial charge is 0.186 e. The molecule has 0 unspecified atom stereocenters. The summed E-state index contributed by atoms with van der Waals surface area (Å²) in [5.74, 6) is 1.09. The van der Waals surface area contributed by atoms with E-state index >= 15 is 0 Å². The van der Waals surface area contributed by atoms with Crippen LogP contribution in [0.3, 0.4) is 0 Å². The number of Topliss-reactive ketones (excluding diaryl/α,β-unsaturated/α-hetero) is 1. The minimum atomic E-state index is 0.170. The predicted octanol–water partition coefficient (Wildman–Crippen LogP) is 2.96. The van der Waals surface area contributed by atoms with Crippen LogP contribution in [-0.2, 0) is 6.54 Å². The molecule has 17 heavy (non-hydrogen) atoms. The summed E-state index contributed by atoms with van der Waals surface area (Å²) in [5, 5.41) is 1.92. The lowest BCUT2D eigenvalue weighted by atomic mass is 10.2. The normalized spacial score (nSPS) is 11.0. The van der Waals surface area contributed by atoms with Crippen LogP contribution in [0.2, 0.25) is 0 Å². The second kappa shape index (κ2) is 5.29. The molecule has 0 bridgehead atoms. The Labute approximate surface area is 105 Å². The lowest BCUT2D eigenvalue weighted by Gasteiger charge is -2.14. The molecule has 3 nitrogen and oxygen atoms in total. The quantitative estimate of drug-likeness (QED) is 0.764. The van der Waals surface area contributed by atoms with Gasteiger partial charge in [0.1, 0.15) is 5.76 Å². The molecule has 0 saturated heterocycles. The van der Waals surface area contributed by atoms with Crippen molar-refractivity contribution in [1.29, 1.82) is 0 Å². The third-order valence-corrected chi connectivity index (χ3v) is 3.53. The molecule has 0 aliphatic carbocycles. The van der Waals surface area contributed by atoms with Crippen molar-refractivity contribution >= 4 is 17.1 Å². The number of thiophene rings is 1. The third kappa shape index (κ3) is 3.05. The predicted molar refractivity (Wildman–Crippen MR) is 68.4 cm³/mol. The molecule has 2 rings (SSSR count). The molecule has 2 aromatic heterocycles. The van der Waals surface area contributed by atoms with Gasteiger partial charge in [-0.2, -0.15) is 0 Å². The summed E-state index contributed by atoms with van der Waals surface area (Å²) in [4.78, 5) is 14.7. The first-order valence-corrected chi connectivity index (χ1v) is 6.33. The van der Waals surface area contributed by atoms with Gasteiger partial charge >= 0.3 is 0 Å². The van der Waals surface area contributed by atoms with Crippen molar-refractivity contribution in [2.75, 3.05) is 13.6 Å². The number of rotatable bonds is 5. The zero-order valence-corrected chi connectivity index (χ0v) is 10.8. The van der Waals surface area contributed by atoms with Gasteiger partial charge in [-0.3, -0.25) is 9.69 Å². The standard InChI is InChI=1S/C13H15NO2S/c1-10-11(5-6-16-10)8-14(2)9-12(15)13-4-3-7-17-13/h3-7H,8-9H2,1-2H3. The van der Waals surface area contributed by atoms with E-state index < -0.39 is 0 Å². The molecule has 0 spiro atoms. The van der Waals surface area contributed by atoms with Crippen molar-refractivity contribution in [2.45, 2.75) is 13.5 Å². The fraction of sp³-hybridized carbons (Fsp3) is 0.308. The molecule has 0 aromatic carbocycles. The van der Waals surface area contributed by atoms with Gasteiger partial charge in [0.2, 0.25) is 0 Å². The number of ketones is 1. The van der Waals surface area contributed by atoms with E-state index in [0.717, 1.165) is 22.7 Å². The zero-order chi connectivity index (χ0) is 12.3. The molecule has 2 heterocycles. The van der Waals surface area contributed by atoms with E-state index in [0.29, 0.717) is 6.54 Å². The van der Waals surface area contributed by atoms with E-state index in [1.165, 1.54) is 11.3 Å². The Balaban J connectivity index is 1.92. The number of hydrogen-bond acceptors (Lipinski definition) is 4. The molecule has 0 aliphatic heterocycles. The van der Waals surface area contributed by atoms with Gasteiger partial charge in [-0.25, -0.2) is 0 Å². The van der Waals surface area contributed by atoms with Crippen molar-refractivity contribution in [2.24, 2.45) is 0 Å². The Morgan fingerprint density at radius 2 is 2.29 bits per heavy atom. The van der Waals surface area contributed by atoms with E-state index in [1.807, 2.05) is 42.5 Å². The van der Waals surface area contributed by atoms with E-state index in [1.54, 1.807) is 6.26 Å². The number of likely N-dealkylation sites (N-methyl/N-ethyl adjacent to an activating group) is 1. The second-order valence-corrected chi connectivity index (χ2v) is 5.02. The van der Waals surface area contributed by atoms with Crippen molar-refractivity contribution in [1.82, 2.24) is 4.90 Å². The van der Waals surface area contributed by atoms with E-state index in [2.05, 4.69) is 0 Å². The first-order chi connectivity index (χ1) is 8.16. The highest BCUT2D eigenvalue weighted by Crippen LogP contribution is 2.13. The van der Waals surface area contributed by atoms with Crippen LogP contribution in [0.5, 0.6) is 0 Å². The Morgan fingerprint density at radius 1 is 1.47 bits per heavy atom. The molecule has 0 fully saturated rings. The summed E-state index contributed by atoms with van der Waals surface area (Å²) in [7, 11) is 1.94. The first kappa shape index (κ1) is 12.1. The minimum Gasteiger partial charge on any atom is -0.469 e. The van der Waals surface area contributed by atoms with E-state index in [-0.39, 0.29) is 5.78 Å². The second-order valence-electron chi connectivity index (χ2n) is 4.07. The van der Waals surface area contributed by atoms with Gasteiger partial charge in [-0.05, 0) is 31.5 Å². The minimum absolute atomic E-state index is 0.170. The highest BCUT2D eigenvalue weighted by molar-refractivity contribution is 7.12. The molecule has 0 N–H and O–H groups in total. The van der Waals surface area contributed by atoms with Gasteiger partial charge in [0.15, 0.2) is 5.78 Å². The fourth-order valence-corrected chi connectivity index (χ4v) is 2.34. The summed E-state index contributed by atoms with van der Waals surface area (Å²) >= 11 is 1.49. The molecule has 0 radical (unpaired) electrons. The van der Waals surface area contributed by atoms with Crippen molar-refractivity contribution in [3.05, 3.63) is 46.0 Å². The summed E-state index contributed by atoms with van der Waals surface area (Å²) in [5.41, 5.74) is 1.13. The van der Waals surface area contributed by atoms with Gasteiger partial charge in [0.25, 0.3) is 0 Å². The third-order valence-electron chi connectivity index (χ3n) is 2.62. The molecule has 0 atom stereocenters. The lowest BCUT2D eigenvalue weighted by molar-refractivity contribution is 0.0947. The molecule has 2 aromatic rings. The van der Waals surface area contributed by atoms with Crippen LogP contribution in [0.15, 0.2) is 34.3 Å². The molecular formula is C13H15NO2S. The van der Waals surface area contributed by atoms with Gasteiger partial charge < -0.3 is 4.42 Å². The lowest BCUT2D eigenvalue weighted by Crippen LogP contribution is -2.25. The van der Waals surface area contributed by atoms with Gasteiger partial charge in [0.05, 0.1) is 17.7 Å². The van der Waals surface area contributed by atoms with Crippen LogP contribution in [0.4, 0.5) is 0 Å². The number of hydrogen-bond donors (Lipinski definition) is 0. The molecule has 90 valence electrons. The van der Waals surface area contributed by atoms with E-state index in [9.17, 15) is 4.79 Å². The summed E-state index contributed by atoms with van der Waals surface area (Å²) < 4.78 is 5.23. The van der Waals surface area contributed by atoms with Crippen molar-refractivity contribution < 1.29 is 9.21 Å². The van der Waals surface area contributed by atoms with E-state index in [4.69, 9.17) is 4.42 Å². The molecule has 0 amide bonds. The SMILES string of the molecule is Cc1occc1CN(C)CC(=O)c1cccs1. The number of carbonyl (C=O) groups excluding carboxylic acids is 1. The van der Waals surface area contributed by atoms with Crippen LogP contribution >= 0.6 is 11.3 Å². The number of carbonyl (C=O) groups is 1. The Hall–Kier alpha value is -1.39. The number of aryl methyl sites for hydroxylation is 1. The summed E-state index contributed by atoms with van der Waals surface area (Å²) in [6, 6.07) is 5.71. The maximum Gasteiger partial charge on any atom is 0.186 e. The fourth-order valence-electron chi connectivity index (χ4n) is 1.68. The highest BCUT2D eigenvalue weighted by Gasteiger charge is 2.11. The molecule has 0 saturated carbocycles. The van der Waals surface area contributed by atoms with Crippen LogP contribution in [0, 0.1) is 6.92 Å². The van der Waals surface area contributed by atoms with Crippen molar-refractivity contribution in [3.8, 4) is 0 Å². The molecule has 4 heteroatoms. The summed E-state index contributed by atoms with van der Waals surface area (Å²) in [6.07, 6.45) is 1.68. The maximum absolute atomic E-state index is 11.9. The molecular weight excluding hydrogens is 234 g/mol. The van der Waals surface area contributed by atoms with Crippen LogP contribution < -0.4 is 0 Å². The van der Waals surface area contributed by atoms with Crippen LogP contribution in [-0.4, -0.2) is 24.3 Å². The van der Waals surface area contributed by atoms with Crippen molar-refractivity contribution in [3.63, 3.8) is 0 Å². The monoisotopic (exact) mass is 249 g/mol. The highest BCUT2D eigenvalue weighted by atomic mass is 32.1. The zero-order valence-electron chi connectivity index (χ0n) is 9.97. The first-order valence-electron chi connectivity index (χ1n) is 5.45. The number of furan rings is 1. The average Bonchev–Trinajstić information content (AvgIpc) is 2.90. The topological polar surface area (TPSA) is 33.5 Å². The Bertz CT molecular complexity index is 487. The number of nitrogens with zero attached hydrogens (tertiary/aromatic N) is 1. The summed E-state index contributed by atoms with van der Waals surface area (Å²) in [6.45, 7) is 3.11. The van der Waals surface area contributed by atoms with Gasteiger partial charge in [0, 0.05) is 12.1 Å². The molecule has 0 aliphatic rings. The maximum atomic E-state index is 11.9. The van der Waals surface area contributed by atoms with Crippen LogP contribution in [0.1, 0.15) is 21.0 Å². The Kier molecular flexibility index (Phi) is 3.76. The Morgan fingerprint density at radius 3 is 2.88 bits per heavy atom. The van der Waals surface area contributed by atoms with Crippen LogP contribution in [0.25, 0.3) is 0 Å². The van der Waals surface area contributed by atoms with Gasteiger partial charge in [-0.1, -0.05) is 6.07 Å². The average molecular weight is 249 g/mol.